The first-order valence-electron chi connectivity index (χ1n) is 9.83. The van der Waals surface area contributed by atoms with Gasteiger partial charge < -0.3 is 15.4 Å². The van der Waals surface area contributed by atoms with Gasteiger partial charge in [0.15, 0.2) is 0 Å². The molecule has 6 nitrogen and oxygen atoms in total. The predicted octanol–water partition coefficient (Wildman–Crippen LogP) is 3.84. The highest BCUT2D eigenvalue weighted by molar-refractivity contribution is 6.11. The summed E-state index contributed by atoms with van der Waals surface area (Å²) in [7, 11) is 0. The monoisotopic (exact) mass is 373 g/mol. The highest BCUT2D eigenvalue weighted by atomic mass is 16.5. The van der Waals surface area contributed by atoms with Crippen LogP contribution in [0.25, 0.3) is 10.8 Å². The van der Waals surface area contributed by atoms with Crippen molar-refractivity contribution in [2.24, 2.45) is 10.9 Å². The highest BCUT2D eigenvalue weighted by Crippen LogP contribution is 2.26. The fourth-order valence-corrected chi connectivity index (χ4v) is 3.87. The fraction of sp³-hybridized carbons (Fsp3) is 0.318. The number of hydrogen-bond donors (Lipinski definition) is 2. The zero-order valence-electron chi connectivity index (χ0n) is 15.7. The number of pyridine rings is 2. The molecule has 142 valence electrons. The lowest BCUT2D eigenvalue weighted by molar-refractivity contribution is 0.0595. The molecule has 0 radical (unpaired) electrons. The Labute approximate surface area is 164 Å². The molecule has 3 aromatic rings. The van der Waals surface area contributed by atoms with E-state index in [0.29, 0.717) is 12.5 Å². The number of aliphatic imine (C=N–C) groups is 1. The van der Waals surface area contributed by atoms with E-state index in [1.54, 1.807) is 0 Å². The summed E-state index contributed by atoms with van der Waals surface area (Å²) in [6, 6.07) is 12.4. The molecule has 0 bridgehead atoms. The number of amidine groups is 1. The Morgan fingerprint density at radius 2 is 2.11 bits per heavy atom. The molecule has 1 unspecified atom stereocenters. The third-order valence-electron chi connectivity index (χ3n) is 5.37. The Bertz CT molecular complexity index is 1030. The lowest BCUT2D eigenvalue weighted by atomic mass is 10.0. The maximum absolute atomic E-state index is 5.58. The van der Waals surface area contributed by atoms with Gasteiger partial charge in [-0.1, -0.05) is 0 Å². The van der Waals surface area contributed by atoms with Gasteiger partial charge >= 0.3 is 0 Å². The number of nitrogens with zero attached hydrogens (tertiary/aromatic N) is 3. The summed E-state index contributed by atoms with van der Waals surface area (Å²) in [4.78, 5) is 13.5. The van der Waals surface area contributed by atoms with Crippen LogP contribution in [-0.4, -0.2) is 35.6 Å². The molecule has 5 rings (SSSR count). The zero-order chi connectivity index (χ0) is 18.8. The topological polar surface area (TPSA) is 71.4 Å². The van der Waals surface area contributed by atoms with Crippen LogP contribution in [0.5, 0.6) is 0 Å². The summed E-state index contributed by atoms with van der Waals surface area (Å²) < 4.78 is 5.58. The van der Waals surface area contributed by atoms with Crippen molar-refractivity contribution in [1.29, 1.82) is 0 Å². The third kappa shape index (κ3) is 3.43. The second-order valence-electron chi connectivity index (χ2n) is 7.35. The first-order valence-corrected chi connectivity index (χ1v) is 9.83. The van der Waals surface area contributed by atoms with Crippen LogP contribution in [0.2, 0.25) is 0 Å². The van der Waals surface area contributed by atoms with E-state index in [2.05, 4.69) is 49.9 Å². The fourth-order valence-electron chi connectivity index (χ4n) is 3.87. The van der Waals surface area contributed by atoms with E-state index in [1.807, 2.05) is 24.5 Å². The Hall–Kier alpha value is -2.99. The molecule has 0 saturated carbocycles. The minimum absolute atomic E-state index is 0.556. The Morgan fingerprint density at radius 1 is 1.11 bits per heavy atom. The quantitative estimate of drug-likeness (QED) is 0.727. The van der Waals surface area contributed by atoms with Crippen molar-refractivity contribution in [2.45, 2.75) is 19.4 Å². The first-order chi connectivity index (χ1) is 13.9. The summed E-state index contributed by atoms with van der Waals surface area (Å²) in [5.74, 6) is 2.37. The van der Waals surface area contributed by atoms with E-state index in [1.165, 1.54) is 6.42 Å². The van der Waals surface area contributed by atoms with Crippen molar-refractivity contribution in [2.75, 3.05) is 30.4 Å². The van der Waals surface area contributed by atoms with Crippen molar-refractivity contribution in [3.63, 3.8) is 0 Å². The highest BCUT2D eigenvalue weighted by Gasteiger charge is 2.17. The van der Waals surface area contributed by atoms with E-state index in [-0.39, 0.29) is 0 Å². The number of hydrogen-bond acceptors (Lipinski definition) is 6. The molecule has 6 heteroatoms. The molecular formula is C22H23N5O. The summed E-state index contributed by atoms with van der Waals surface area (Å²) in [5.41, 5.74) is 3.11. The van der Waals surface area contributed by atoms with Gasteiger partial charge in [0, 0.05) is 42.2 Å². The number of fused-ring (bicyclic) bond motifs is 2. The SMILES string of the molecule is c1cnc2c(c1)C(Nc1ccc3c(NCC4CCCOC4)nccc3c1)=NC2. The van der Waals surface area contributed by atoms with Gasteiger partial charge in [-0.25, -0.2) is 4.98 Å². The van der Waals surface area contributed by atoms with E-state index in [0.717, 1.165) is 65.6 Å². The van der Waals surface area contributed by atoms with E-state index in [9.17, 15) is 0 Å². The van der Waals surface area contributed by atoms with Crippen LogP contribution in [0.3, 0.4) is 0 Å². The molecule has 2 aliphatic rings. The maximum atomic E-state index is 5.58. The number of rotatable bonds is 4. The second kappa shape index (κ2) is 7.56. The minimum atomic E-state index is 0.556. The molecular weight excluding hydrogens is 350 g/mol. The molecule has 2 aliphatic heterocycles. The Kier molecular flexibility index (Phi) is 4.62. The van der Waals surface area contributed by atoms with Crippen LogP contribution in [0.15, 0.2) is 53.8 Å². The largest absolute Gasteiger partial charge is 0.381 e. The molecule has 4 heterocycles. The molecule has 0 amide bonds. The lowest BCUT2D eigenvalue weighted by Crippen LogP contribution is -2.24. The molecule has 2 aromatic heterocycles. The van der Waals surface area contributed by atoms with E-state index < -0.39 is 0 Å². The molecule has 1 aromatic carbocycles. The molecule has 1 saturated heterocycles. The Balaban J connectivity index is 1.34. The average Bonchev–Trinajstić information content (AvgIpc) is 3.16. The Morgan fingerprint density at radius 3 is 3.04 bits per heavy atom. The number of aromatic nitrogens is 2. The molecule has 0 spiro atoms. The zero-order valence-corrected chi connectivity index (χ0v) is 15.7. The van der Waals surface area contributed by atoms with Crippen molar-refractivity contribution in [3.05, 3.63) is 60.0 Å². The van der Waals surface area contributed by atoms with Crippen LogP contribution in [0, 0.1) is 5.92 Å². The van der Waals surface area contributed by atoms with Crippen LogP contribution < -0.4 is 10.6 Å². The molecule has 28 heavy (non-hydrogen) atoms. The van der Waals surface area contributed by atoms with Crippen LogP contribution in [-0.2, 0) is 11.3 Å². The van der Waals surface area contributed by atoms with Gasteiger partial charge in [-0.05, 0) is 60.5 Å². The lowest BCUT2D eigenvalue weighted by Gasteiger charge is -2.22. The van der Waals surface area contributed by atoms with Gasteiger partial charge in [-0.2, -0.15) is 0 Å². The van der Waals surface area contributed by atoms with Gasteiger partial charge in [0.05, 0.1) is 18.8 Å². The average molecular weight is 373 g/mol. The van der Waals surface area contributed by atoms with Crippen LogP contribution in [0.1, 0.15) is 24.1 Å². The first kappa shape index (κ1) is 17.1. The molecule has 2 N–H and O–H groups in total. The van der Waals surface area contributed by atoms with Gasteiger partial charge in [-0.15, -0.1) is 0 Å². The van der Waals surface area contributed by atoms with E-state index >= 15 is 0 Å². The van der Waals surface area contributed by atoms with Crippen molar-refractivity contribution in [3.8, 4) is 0 Å². The van der Waals surface area contributed by atoms with Gasteiger partial charge in [0.25, 0.3) is 0 Å². The summed E-state index contributed by atoms with van der Waals surface area (Å²) in [6.07, 6.45) is 6.03. The van der Waals surface area contributed by atoms with E-state index in [4.69, 9.17) is 4.74 Å². The molecule has 1 atom stereocenters. The standard InChI is InChI=1S/C22H23N5O/c1-4-19-20(23-8-1)13-26-22(19)27-17-5-6-18-16(11-17)7-9-24-21(18)25-12-15-3-2-10-28-14-15/h1,4-9,11,15H,2-3,10,12-14H2,(H,24,25)(H,26,27). The second-order valence-corrected chi connectivity index (χ2v) is 7.35. The van der Waals surface area contributed by atoms with Crippen molar-refractivity contribution >= 4 is 28.1 Å². The number of benzene rings is 1. The number of anilines is 2. The number of nitrogens with one attached hydrogen (secondary N) is 2. The molecule has 0 aliphatic carbocycles. The van der Waals surface area contributed by atoms with Crippen molar-refractivity contribution < 1.29 is 4.74 Å². The summed E-state index contributed by atoms with van der Waals surface area (Å²) >= 11 is 0. The van der Waals surface area contributed by atoms with Crippen LogP contribution >= 0.6 is 0 Å². The van der Waals surface area contributed by atoms with Crippen molar-refractivity contribution in [1.82, 2.24) is 9.97 Å². The van der Waals surface area contributed by atoms with Gasteiger partial charge in [0.2, 0.25) is 0 Å². The summed E-state index contributed by atoms with van der Waals surface area (Å²) in [6.45, 7) is 3.26. The molecule has 1 fully saturated rings. The van der Waals surface area contributed by atoms with Crippen LogP contribution in [0.4, 0.5) is 11.5 Å². The smallest absolute Gasteiger partial charge is 0.135 e. The van der Waals surface area contributed by atoms with Gasteiger partial charge in [0.1, 0.15) is 11.7 Å². The van der Waals surface area contributed by atoms with Gasteiger partial charge in [-0.3, -0.25) is 9.98 Å². The normalized spacial score (nSPS) is 18.6. The summed E-state index contributed by atoms with van der Waals surface area (Å²) in [5, 5.41) is 9.24. The third-order valence-corrected chi connectivity index (χ3v) is 5.37. The maximum Gasteiger partial charge on any atom is 0.135 e. The minimum Gasteiger partial charge on any atom is -0.381 e. The number of ether oxygens (including phenoxy) is 1. The predicted molar refractivity (Wildman–Crippen MR) is 112 cm³/mol.